The highest BCUT2D eigenvalue weighted by Crippen LogP contribution is 2.36. The first kappa shape index (κ1) is 27.0. The zero-order chi connectivity index (χ0) is 24.8. The smallest absolute Gasteiger partial charge is 0.342 e. The first-order valence-corrected chi connectivity index (χ1v) is 11.6. The zero-order valence-electron chi connectivity index (χ0n) is 19.0. The molecule has 2 aliphatic rings. The molecular formula is C24H30F6O4. The molecule has 192 valence electrons. The molecule has 1 atom stereocenters. The molecule has 1 aliphatic heterocycles. The van der Waals surface area contributed by atoms with Crippen LogP contribution in [0.5, 0.6) is 0 Å². The Balaban J connectivity index is 1.50. The Hall–Kier alpha value is -1.62. The van der Waals surface area contributed by atoms with Crippen LogP contribution >= 0.6 is 0 Å². The molecule has 10 heteroatoms. The third-order valence-corrected chi connectivity index (χ3v) is 5.75. The maximum Gasteiger partial charge on any atom is 0.406 e. The molecule has 3 rings (SSSR count). The fraction of sp³-hybridized carbons (Fsp3) is 0.667. The van der Waals surface area contributed by atoms with Crippen molar-refractivity contribution in [3.05, 3.63) is 47.0 Å². The molecule has 34 heavy (non-hydrogen) atoms. The van der Waals surface area contributed by atoms with Crippen molar-refractivity contribution in [2.45, 2.75) is 89.0 Å². The van der Waals surface area contributed by atoms with Crippen LogP contribution < -0.4 is 0 Å². The fourth-order valence-electron chi connectivity index (χ4n) is 3.89. The summed E-state index contributed by atoms with van der Waals surface area (Å²) in [6.07, 6.45) is -6.59. The molecule has 4 nitrogen and oxygen atoms in total. The Bertz CT molecular complexity index is 824. The van der Waals surface area contributed by atoms with Gasteiger partial charge in [-0.1, -0.05) is 38.3 Å². The quantitative estimate of drug-likeness (QED) is 0.250. The van der Waals surface area contributed by atoms with E-state index in [0.717, 1.165) is 37.8 Å². The number of unbranched alkanes of at least 4 members (excludes halogenated alkanes) is 3. The van der Waals surface area contributed by atoms with E-state index in [1.54, 1.807) is 0 Å². The van der Waals surface area contributed by atoms with Crippen LogP contribution in [0.1, 0.15) is 63.0 Å². The molecule has 1 aromatic carbocycles. The second-order valence-corrected chi connectivity index (χ2v) is 8.61. The van der Waals surface area contributed by atoms with E-state index in [1.807, 2.05) is 0 Å². The first-order chi connectivity index (χ1) is 16.1. The number of hydrogen-bond acceptors (Lipinski definition) is 4. The first-order valence-electron chi connectivity index (χ1n) is 11.6. The third-order valence-electron chi connectivity index (χ3n) is 5.75. The Labute approximate surface area is 195 Å². The molecule has 1 heterocycles. The van der Waals surface area contributed by atoms with Crippen molar-refractivity contribution in [3.8, 4) is 0 Å². The minimum Gasteiger partial charge on any atom is -0.342 e. The van der Waals surface area contributed by atoms with E-state index in [9.17, 15) is 26.3 Å². The lowest BCUT2D eigenvalue weighted by Gasteiger charge is -2.36. The lowest BCUT2D eigenvalue weighted by atomic mass is 10.0. The van der Waals surface area contributed by atoms with Gasteiger partial charge < -0.3 is 18.9 Å². The molecule has 1 saturated heterocycles. The van der Waals surface area contributed by atoms with Gasteiger partial charge in [0.1, 0.15) is 11.9 Å². The molecule has 1 aromatic rings. The van der Waals surface area contributed by atoms with Crippen LogP contribution in [0.25, 0.3) is 0 Å². The highest BCUT2D eigenvalue weighted by atomic mass is 19.3. The van der Waals surface area contributed by atoms with Crippen LogP contribution in [-0.4, -0.2) is 37.8 Å². The van der Waals surface area contributed by atoms with Gasteiger partial charge in [-0.25, -0.2) is 8.78 Å². The summed E-state index contributed by atoms with van der Waals surface area (Å²) in [6, 6.07) is 3.46. The van der Waals surface area contributed by atoms with Gasteiger partial charge in [0.05, 0.1) is 30.7 Å². The Morgan fingerprint density at radius 3 is 2.32 bits per heavy atom. The molecule has 0 spiro atoms. The number of halogens is 6. The van der Waals surface area contributed by atoms with Crippen LogP contribution in [-0.2, 0) is 31.5 Å². The summed E-state index contributed by atoms with van der Waals surface area (Å²) in [5, 5.41) is 0. The number of ether oxygens (including phenoxy) is 4. The molecule has 0 N–H and O–H groups in total. The number of hydrogen-bond donors (Lipinski definition) is 0. The molecule has 0 radical (unpaired) electrons. The standard InChI is InChI=1S/C24H30F6O4/c1-2-3-4-5-6-16-7-12-20(21(26)13-16)23(27,28)34-19-14-31-22(32-15-19)24(29,30)33-18-10-8-17(25)9-11-18/h7-8,12-13,18-19,22H,2-6,9-11,14-15H2,1H3. The molecule has 0 bridgehead atoms. The van der Waals surface area contributed by atoms with Gasteiger partial charge in [0, 0.05) is 6.42 Å². The Morgan fingerprint density at radius 1 is 0.971 bits per heavy atom. The van der Waals surface area contributed by atoms with Crippen molar-refractivity contribution >= 4 is 0 Å². The fourth-order valence-corrected chi connectivity index (χ4v) is 3.89. The second-order valence-electron chi connectivity index (χ2n) is 8.61. The van der Waals surface area contributed by atoms with E-state index in [2.05, 4.69) is 11.7 Å². The van der Waals surface area contributed by atoms with Crippen molar-refractivity contribution in [3.63, 3.8) is 0 Å². The molecule has 0 saturated carbocycles. The van der Waals surface area contributed by atoms with E-state index in [0.29, 0.717) is 12.0 Å². The van der Waals surface area contributed by atoms with Crippen molar-refractivity contribution < 1.29 is 45.3 Å². The number of benzene rings is 1. The van der Waals surface area contributed by atoms with E-state index in [4.69, 9.17) is 14.2 Å². The maximum absolute atomic E-state index is 14.6. The van der Waals surface area contributed by atoms with Gasteiger partial charge in [0.25, 0.3) is 6.29 Å². The van der Waals surface area contributed by atoms with Crippen LogP contribution in [0.4, 0.5) is 26.3 Å². The summed E-state index contributed by atoms with van der Waals surface area (Å²) >= 11 is 0. The van der Waals surface area contributed by atoms with E-state index >= 15 is 0 Å². The average Bonchev–Trinajstić information content (AvgIpc) is 2.78. The highest BCUT2D eigenvalue weighted by Gasteiger charge is 2.49. The highest BCUT2D eigenvalue weighted by molar-refractivity contribution is 5.26. The summed E-state index contributed by atoms with van der Waals surface area (Å²) in [7, 11) is 0. The van der Waals surface area contributed by atoms with Crippen molar-refractivity contribution in [2.75, 3.05) is 13.2 Å². The van der Waals surface area contributed by atoms with Gasteiger partial charge in [-0.15, -0.1) is 0 Å². The molecular weight excluding hydrogens is 466 g/mol. The lowest BCUT2D eigenvalue weighted by molar-refractivity contribution is -0.403. The van der Waals surface area contributed by atoms with Crippen LogP contribution in [0, 0.1) is 5.82 Å². The average molecular weight is 496 g/mol. The summed E-state index contributed by atoms with van der Waals surface area (Å²) in [5.41, 5.74) is -0.336. The van der Waals surface area contributed by atoms with E-state index in [-0.39, 0.29) is 25.1 Å². The van der Waals surface area contributed by atoms with Crippen LogP contribution in [0.2, 0.25) is 0 Å². The van der Waals surface area contributed by atoms with Crippen LogP contribution in [0.15, 0.2) is 30.1 Å². The predicted octanol–water partition coefficient (Wildman–Crippen LogP) is 6.77. The molecule has 1 aliphatic carbocycles. The maximum atomic E-state index is 14.6. The number of allylic oxidation sites excluding steroid dienone is 1. The Kier molecular flexibility index (Phi) is 9.42. The topological polar surface area (TPSA) is 36.9 Å². The van der Waals surface area contributed by atoms with Crippen molar-refractivity contribution in [2.24, 2.45) is 0 Å². The van der Waals surface area contributed by atoms with Gasteiger partial charge >= 0.3 is 12.2 Å². The third kappa shape index (κ3) is 7.44. The van der Waals surface area contributed by atoms with Gasteiger partial charge in [0.15, 0.2) is 0 Å². The minimum absolute atomic E-state index is 0.00544. The lowest BCUT2D eigenvalue weighted by Crippen LogP contribution is -2.50. The number of alkyl halides is 4. The SMILES string of the molecule is CCCCCCc1ccc(C(F)(F)OC2COC(C(F)(F)OC3CC=C(F)CC3)OC2)c(F)c1. The summed E-state index contributed by atoms with van der Waals surface area (Å²) in [5.74, 6) is -1.49. The zero-order valence-corrected chi connectivity index (χ0v) is 19.0. The van der Waals surface area contributed by atoms with Crippen LogP contribution in [0.3, 0.4) is 0 Å². The van der Waals surface area contributed by atoms with Gasteiger partial charge in [0.2, 0.25) is 0 Å². The second kappa shape index (κ2) is 11.9. The van der Waals surface area contributed by atoms with Crippen molar-refractivity contribution in [1.82, 2.24) is 0 Å². The van der Waals surface area contributed by atoms with Gasteiger partial charge in [-0.3, -0.25) is 0 Å². The normalized spacial score (nSPS) is 24.2. The monoisotopic (exact) mass is 496 g/mol. The van der Waals surface area contributed by atoms with E-state index < -0.39 is 55.3 Å². The number of rotatable bonds is 11. The summed E-state index contributed by atoms with van der Waals surface area (Å²) in [4.78, 5) is 0. The van der Waals surface area contributed by atoms with Gasteiger partial charge in [-0.2, -0.15) is 17.6 Å². The molecule has 0 amide bonds. The van der Waals surface area contributed by atoms with E-state index in [1.165, 1.54) is 12.1 Å². The molecule has 1 unspecified atom stereocenters. The molecule has 0 aromatic heterocycles. The molecule has 1 fully saturated rings. The van der Waals surface area contributed by atoms with Gasteiger partial charge in [-0.05, 0) is 43.4 Å². The Morgan fingerprint density at radius 2 is 1.71 bits per heavy atom. The predicted molar refractivity (Wildman–Crippen MR) is 112 cm³/mol. The number of aryl methyl sites for hydroxylation is 1. The largest absolute Gasteiger partial charge is 0.406 e. The minimum atomic E-state index is -4.01. The van der Waals surface area contributed by atoms with Crippen molar-refractivity contribution in [1.29, 1.82) is 0 Å². The summed E-state index contributed by atoms with van der Waals surface area (Å²) in [6.45, 7) is 0.808. The summed E-state index contributed by atoms with van der Waals surface area (Å²) < 4.78 is 104.